The lowest BCUT2D eigenvalue weighted by molar-refractivity contribution is -0.144. The first-order chi connectivity index (χ1) is 15.0. The summed E-state index contributed by atoms with van der Waals surface area (Å²) in [5, 5.41) is 17.2. The topological polar surface area (TPSA) is 136 Å². The molecule has 0 fully saturated rings. The lowest BCUT2D eigenvalue weighted by Gasteiger charge is -2.06. The Labute approximate surface area is 180 Å². The van der Waals surface area contributed by atoms with Crippen LogP contribution in [0.4, 0.5) is 0 Å². The number of aliphatic hydroxyl groups is 2. The third-order valence-electron chi connectivity index (χ3n) is 3.97. The van der Waals surface area contributed by atoms with Crippen LogP contribution in [-0.2, 0) is 23.8 Å². The zero-order chi connectivity index (χ0) is 22.9. The maximum Gasteiger partial charge on any atom is 0.345 e. The molecule has 0 aliphatic rings. The zero-order valence-electron chi connectivity index (χ0n) is 17.3. The molecular weight excluding hydrogens is 408 g/mol. The van der Waals surface area contributed by atoms with Gasteiger partial charge in [0.05, 0.1) is 24.3 Å². The van der Waals surface area contributed by atoms with Crippen LogP contribution in [0.2, 0.25) is 0 Å². The number of carbonyl (C=O) groups is 4. The monoisotopic (exact) mass is 436 g/mol. The first kappa shape index (κ1) is 26.0. The van der Waals surface area contributed by atoms with Crippen LogP contribution in [0.3, 0.4) is 0 Å². The van der Waals surface area contributed by atoms with Crippen molar-refractivity contribution < 1.29 is 43.6 Å². The summed E-state index contributed by atoms with van der Waals surface area (Å²) in [6, 6.07) is 5.46. The van der Waals surface area contributed by atoms with E-state index in [1.807, 2.05) is 0 Å². The van der Waals surface area contributed by atoms with Gasteiger partial charge in [-0.05, 0) is 56.0 Å². The summed E-state index contributed by atoms with van der Waals surface area (Å²) in [4.78, 5) is 47.1. The van der Waals surface area contributed by atoms with E-state index >= 15 is 0 Å². The highest BCUT2D eigenvalue weighted by Gasteiger charge is 2.14. The van der Waals surface area contributed by atoms with Crippen molar-refractivity contribution in [2.24, 2.45) is 0 Å². The average Bonchev–Trinajstić information content (AvgIpc) is 2.77. The number of hydrogen-bond donors (Lipinski definition) is 2. The van der Waals surface area contributed by atoms with E-state index in [1.54, 1.807) is 0 Å². The van der Waals surface area contributed by atoms with Gasteiger partial charge in [0, 0.05) is 19.4 Å². The molecular formula is C22H28O9. The molecule has 0 heterocycles. The third-order valence-corrected chi connectivity index (χ3v) is 3.97. The van der Waals surface area contributed by atoms with Crippen molar-refractivity contribution in [1.82, 2.24) is 0 Å². The number of aliphatic hydroxyl groups excluding tert-OH is 2. The van der Waals surface area contributed by atoms with Gasteiger partial charge in [-0.3, -0.25) is 9.59 Å². The van der Waals surface area contributed by atoms with Crippen molar-refractivity contribution >= 4 is 23.9 Å². The van der Waals surface area contributed by atoms with Crippen molar-refractivity contribution in [3.8, 4) is 0 Å². The highest BCUT2D eigenvalue weighted by Crippen LogP contribution is 2.09. The van der Waals surface area contributed by atoms with Crippen molar-refractivity contribution in [3.63, 3.8) is 0 Å². The number of carbonyl (C=O) groups excluding carboxylic acids is 4. The number of benzene rings is 1. The highest BCUT2D eigenvalue weighted by molar-refractivity contribution is 5.98. The molecule has 0 bridgehead atoms. The van der Waals surface area contributed by atoms with Gasteiger partial charge in [0.15, 0.2) is 0 Å². The van der Waals surface area contributed by atoms with Gasteiger partial charge in [-0.2, -0.15) is 0 Å². The molecule has 0 saturated heterocycles. The number of esters is 4. The molecule has 0 aromatic heterocycles. The summed E-state index contributed by atoms with van der Waals surface area (Å²) in [6.07, 6.45) is 5.04. The minimum Gasteiger partial charge on any atom is -0.466 e. The largest absolute Gasteiger partial charge is 0.466 e. The Kier molecular flexibility index (Phi) is 13.2. The lowest BCUT2D eigenvalue weighted by Crippen LogP contribution is -2.13. The first-order valence-corrected chi connectivity index (χ1v) is 10.0. The summed E-state index contributed by atoms with van der Waals surface area (Å²) < 4.78 is 14.7. The lowest BCUT2D eigenvalue weighted by atomic mass is 10.1. The molecule has 2 N–H and O–H groups in total. The second-order valence-corrected chi connectivity index (χ2v) is 6.45. The summed E-state index contributed by atoms with van der Waals surface area (Å²) in [7, 11) is 0. The van der Waals surface area contributed by atoms with E-state index in [2.05, 4.69) is 0 Å². The molecule has 0 amide bonds. The van der Waals surface area contributed by atoms with Gasteiger partial charge < -0.3 is 24.4 Å². The Morgan fingerprint density at radius 1 is 0.742 bits per heavy atom. The van der Waals surface area contributed by atoms with Crippen LogP contribution >= 0.6 is 0 Å². The van der Waals surface area contributed by atoms with E-state index in [4.69, 9.17) is 24.4 Å². The maximum atomic E-state index is 12.0. The fourth-order valence-electron chi connectivity index (χ4n) is 2.32. The van der Waals surface area contributed by atoms with Gasteiger partial charge in [0.2, 0.25) is 0 Å². The van der Waals surface area contributed by atoms with E-state index in [1.165, 1.54) is 36.4 Å². The molecule has 0 aliphatic heterocycles. The molecule has 1 rings (SSSR count). The van der Waals surface area contributed by atoms with Gasteiger partial charge in [0.1, 0.15) is 6.61 Å². The average molecular weight is 436 g/mol. The van der Waals surface area contributed by atoms with Crippen molar-refractivity contribution in [2.75, 3.05) is 26.4 Å². The first-order valence-electron chi connectivity index (χ1n) is 10.0. The van der Waals surface area contributed by atoms with E-state index in [9.17, 15) is 19.2 Å². The van der Waals surface area contributed by atoms with Crippen LogP contribution in [0.5, 0.6) is 0 Å². The Morgan fingerprint density at radius 3 is 1.97 bits per heavy atom. The Hall–Kier alpha value is -3.04. The predicted molar refractivity (Wildman–Crippen MR) is 109 cm³/mol. The standard InChI is InChI=1S/C22H28O9/c23-13-3-5-15-29-19(25)7-1-2-8-20(26)31-22(28)18-11-9-17(10-12-18)21(27)30-16-6-4-14-24/h4,6,9-12,23-24H,1-3,5,7-8,13-16H2/b6-4-. The Bertz CT molecular complexity index is 738. The molecule has 0 spiro atoms. The zero-order valence-corrected chi connectivity index (χ0v) is 17.3. The summed E-state index contributed by atoms with van der Waals surface area (Å²) in [5.41, 5.74) is 0.333. The minimum atomic E-state index is -0.834. The third kappa shape index (κ3) is 11.7. The second kappa shape index (κ2) is 15.8. The van der Waals surface area contributed by atoms with E-state index in [-0.39, 0.29) is 56.4 Å². The molecule has 0 radical (unpaired) electrons. The van der Waals surface area contributed by atoms with Crippen LogP contribution < -0.4 is 0 Å². The molecule has 9 nitrogen and oxygen atoms in total. The second-order valence-electron chi connectivity index (χ2n) is 6.45. The van der Waals surface area contributed by atoms with Crippen LogP contribution in [0.15, 0.2) is 36.4 Å². The summed E-state index contributed by atoms with van der Waals surface area (Å²) >= 11 is 0. The molecule has 170 valence electrons. The van der Waals surface area contributed by atoms with Gasteiger partial charge in [-0.25, -0.2) is 9.59 Å². The van der Waals surface area contributed by atoms with E-state index < -0.39 is 17.9 Å². The Balaban J connectivity index is 2.29. The number of unbranched alkanes of at least 4 members (excludes halogenated alkanes) is 2. The van der Waals surface area contributed by atoms with Crippen molar-refractivity contribution in [3.05, 3.63) is 47.5 Å². The maximum absolute atomic E-state index is 12.0. The van der Waals surface area contributed by atoms with Gasteiger partial charge in [-0.15, -0.1) is 0 Å². The van der Waals surface area contributed by atoms with Crippen molar-refractivity contribution in [2.45, 2.75) is 38.5 Å². The SMILES string of the molecule is O=C(CCCCC(=O)OC(=O)c1ccc(C(=O)OC/C=C\CO)cc1)OCCCCO. The summed E-state index contributed by atoms with van der Waals surface area (Å²) in [5.74, 6) is -2.50. The quantitative estimate of drug-likeness (QED) is 0.147. The molecule has 0 unspecified atom stereocenters. The highest BCUT2D eigenvalue weighted by atomic mass is 16.6. The van der Waals surface area contributed by atoms with Crippen LogP contribution in [0.1, 0.15) is 59.2 Å². The minimum absolute atomic E-state index is 0.0130. The summed E-state index contributed by atoms with van der Waals surface area (Å²) in [6.45, 7) is 0.178. The van der Waals surface area contributed by atoms with Crippen LogP contribution in [-0.4, -0.2) is 60.5 Å². The van der Waals surface area contributed by atoms with Gasteiger partial charge in [-0.1, -0.05) is 6.08 Å². The van der Waals surface area contributed by atoms with Gasteiger partial charge in [0.25, 0.3) is 0 Å². The number of hydrogen-bond acceptors (Lipinski definition) is 9. The predicted octanol–water partition coefficient (Wildman–Crippen LogP) is 1.95. The van der Waals surface area contributed by atoms with E-state index in [0.717, 1.165) is 0 Å². The molecule has 0 atom stereocenters. The smallest absolute Gasteiger partial charge is 0.345 e. The molecule has 0 saturated carbocycles. The van der Waals surface area contributed by atoms with Crippen LogP contribution in [0.25, 0.3) is 0 Å². The Morgan fingerprint density at radius 2 is 1.35 bits per heavy atom. The fraction of sp³-hybridized carbons (Fsp3) is 0.455. The molecule has 1 aromatic rings. The number of rotatable bonds is 14. The number of ether oxygens (including phenoxy) is 3. The fourth-order valence-corrected chi connectivity index (χ4v) is 2.32. The van der Waals surface area contributed by atoms with Gasteiger partial charge >= 0.3 is 23.9 Å². The normalized spacial score (nSPS) is 10.6. The molecule has 0 aliphatic carbocycles. The van der Waals surface area contributed by atoms with Crippen molar-refractivity contribution in [1.29, 1.82) is 0 Å². The van der Waals surface area contributed by atoms with Crippen LogP contribution in [0, 0.1) is 0 Å². The molecule has 9 heteroatoms. The molecule has 31 heavy (non-hydrogen) atoms. The molecule has 1 aromatic carbocycles. The van der Waals surface area contributed by atoms with E-state index in [0.29, 0.717) is 25.7 Å².